The fraction of sp³-hybridized carbons (Fsp3) is 1.00. The molecule has 0 saturated carbocycles. The van der Waals surface area contributed by atoms with Gasteiger partial charge in [0.2, 0.25) is 0 Å². The molecule has 1 rings (SSSR count). The lowest BCUT2D eigenvalue weighted by Crippen LogP contribution is -2.70. The van der Waals surface area contributed by atoms with Crippen LogP contribution in [0, 0.1) is 5.41 Å². The molecule has 174 valence electrons. The van der Waals surface area contributed by atoms with Crippen molar-refractivity contribution in [2.75, 3.05) is 26.4 Å². The summed E-state index contributed by atoms with van der Waals surface area (Å²) in [6.07, 6.45) is -9.35. The van der Waals surface area contributed by atoms with Crippen LogP contribution >= 0.6 is 0 Å². The van der Waals surface area contributed by atoms with E-state index >= 15 is 0 Å². The molecule has 2 nitrogen and oxygen atoms in total. The van der Waals surface area contributed by atoms with Gasteiger partial charge in [-0.3, -0.25) is 0 Å². The lowest BCUT2D eigenvalue weighted by molar-refractivity contribution is -0.440. The van der Waals surface area contributed by atoms with Crippen molar-refractivity contribution in [2.45, 2.75) is 55.6 Å². The summed E-state index contributed by atoms with van der Waals surface area (Å²) in [5, 5.41) is 0. The van der Waals surface area contributed by atoms with E-state index < -0.39 is 54.2 Å². The highest BCUT2D eigenvalue weighted by atomic mass is 19.4. The van der Waals surface area contributed by atoms with Crippen molar-refractivity contribution in [3.05, 3.63) is 0 Å². The summed E-state index contributed by atoms with van der Waals surface area (Å²) >= 11 is 0. The molecule has 0 amide bonds. The molecule has 0 unspecified atom stereocenters. The minimum absolute atomic E-state index is 0.118. The largest absolute Gasteiger partial charge is 0.460 e. The van der Waals surface area contributed by atoms with E-state index in [1.54, 1.807) is 6.92 Å². The fourth-order valence-corrected chi connectivity index (χ4v) is 2.23. The standard InChI is InChI=1S/C14H15F13O2/c1-2-8(6-29-7-8)5-28-4-3-9(15,16)10(17,18)11(19,20)12(21,22)13(23,24)14(25,26)27/h2-7H2,1H3. The highest BCUT2D eigenvalue weighted by Gasteiger charge is 2.90. The number of ether oxygens (including phenoxy) is 2. The fourth-order valence-electron chi connectivity index (χ4n) is 2.23. The van der Waals surface area contributed by atoms with Crippen LogP contribution in [-0.4, -0.2) is 62.2 Å². The van der Waals surface area contributed by atoms with Gasteiger partial charge in [0.25, 0.3) is 0 Å². The topological polar surface area (TPSA) is 18.5 Å². The van der Waals surface area contributed by atoms with Gasteiger partial charge in [0.05, 0.1) is 26.4 Å². The van der Waals surface area contributed by atoms with Crippen molar-refractivity contribution in [2.24, 2.45) is 5.41 Å². The van der Waals surface area contributed by atoms with Gasteiger partial charge >= 0.3 is 35.8 Å². The van der Waals surface area contributed by atoms with E-state index in [4.69, 9.17) is 4.74 Å². The quantitative estimate of drug-likeness (QED) is 0.313. The zero-order valence-corrected chi connectivity index (χ0v) is 14.5. The Kier molecular flexibility index (Phi) is 6.83. The minimum atomic E-state index is -7.87. The molecule has 0 radical (unpaired) electrons. The van der Waals surface area contributed by atoms with Crippen molar-refractivity contribution in [1.29, 1.82) is 0 Å². The molecule has 0 bridgehead atoms. The predicted molar refractivity (Wildman–Crippen MR) is 69.8 cm³/mol. The first-order valence-electron chi connectivity index (χ1n) is 7.84. The second kappa shape index (κ2) is 7.61. The predicted octanol–water partition coefficient (Wildman–Crippen LogP) is 5.56. The van der Waals surface area contributed by atoms with Crippen LogP contribution in [0.15, 0.2) is 0 Å². The van der Waals surface area contributed by atoms with Gasteiger partial charge in [-0.2, -0.15) is 57.1 Å². The summed E-state index contributed by atoms with van der Waals surface area (Å²) in [6, 6.07) is 0. The van der Waals surface area contributed by atoms with Crippen LogP contribution in [0.2, 0.25) is 0 Å². The van der Waals surface area contributed by atoms with Gasteiger partial charge in [-0.15, -0.1) is 0 Å². The Morgan fingerprint density at radius 1 is 0.724 bits per heavy atom. The number of alkyl halides is 13. The van der Waals surface area contributed by atoms with Crippen LogP contribution in [0.1, 0.15) is 19.8 Å². The second-order valence-electron chi connectivity index (χ2n) is 6.65. The van der Waals surface area contributed by atoms with E-state index in [2.05, 4.69) is 4.74 Å². The summed E-state index contributed by atoms with van der Waals surface area (Å²) < 4.78 is 177. The average molecular weight is 462 g/mol. The number of hydrogen-bond acceptors (Lipinski definition) is 2. The Morgan fingerprint density at radius 2 is 1.17 bits per heavy atom. The second-order valence-corrected chi connectivity index (χ2v) is 6.65. The summed E-state index contributed by atoms with van der Waals surface area (Å²) in [5.41, 5.74) is -0.649. The van der Waals surface area contributed by atoms with Gasteiger partial charge in [-0.05, 0) is 6.42 Å². The maximum absolute atomic E-state index is 13.5. The molecule has 1 aliphatic rings. The molecule has 29 heavy (non-hydrogen) atoms. The summed E-state index contributed by atoms with van der Waals surface area (Å²) in [6.45, 7) is 0.142. The lowest BCUT2D eigenvalue weighted by Gasteiger charge is -2.41. The minimum Gasteiger partial charge on any atom is -0.380 e. The van der Waals surface area contributed by atoms with Crippen molar-refractivity contribution in [3.63, 3.8) is 0 Å². The van der Waals surface area contributed by atoms with E-state index in [1.807, 2.05) is 0 Å². The molecule has 0 aliphatic carbocycles. The number of halogens is 13. The molecule has 1 fully saturated rings. The van der Waals surface area contributed by atoms with Crippen LogP contribution in [-0.2, 0) is 9.47 Å². The van der Waals surface area contributed by atoms with Crippen LogP contribution in [0.5, 0.6) is 0 Å². The van der Waals surface area contributed by atoms with E-state index in [0.717, 1.165) is 0 Å². The van der Waals surface area contributed by atoms with Crippen molar-refractivity contribution in [3.8, 4) is 0 Å². The molecule has 15 heteroatoms. The third kappa shape index (κ3) is 4.12. The van der Waals surface area contributed by atoms with Gasteiger partial charge in [-0.25, -0.2) is 0 Å². The Bertz CT molecular complexity index is 561. The third-order valence-corrected chi connectivity index (χ3v) is 4.53. The molecule has 1 saturated heterocycles. The van der Waals surface area contributed by atoms with Gasteiger partial charge in [0.1, 0.15) is 0 Å². The Morgan fingerprint density at radius 3 is 1.52 bits per heavy atom. The summed E-state index contributed by atoms with van der Waals surface area (Å²) in [7, 11) is 0. The molecule has 0 N–H and O–H groups in total. The molecular weight excluding hydrogens is 447 g/mol. The molecule has 1 heterocycles. The Labute approximate surface area is 155 Å². The Hall–Kier alpha value is -0.990. The molecule has 0 atom stereocenters. The monoisotopic (exact) mass is 462 g/mol. The highest BCUT2D eigenvalue weighted by molar-refractivity contribution is 5.10. The van der Waals surface area contributed by atoms with Crippen LogP contribution in [0.3, 0.4) is 0 Å². The normalized spacial score (nSPS) is 19.2. The first kappa shape index (κ1) is 26.0. The average Bonchev–Trinajstić information content (AvgIpc) is 2.51. The van der Waals surface area contributed by atoms with Crippen LogP contribution in [0.25, 0.3) is 0 Å². The zero-order chi connectivity index (χ0) is 23.2. The summed E-state index contributed by atoms with van der Waals surface area (Å²) in [4.78, 5) is 0. The Balaban J connectivity index is 2.97. The number of hydrogen-bond donors (Lipinski definition) is 0. The smallest absolute Gasteiger partial charge is 0.380 e. The number of rotatable bonds is 10. The van der Waals surface area contributed by atoms with Crippen molar-refractivity contribution >= 4 is 0 Å². The molecule has 0 aromatic carbocycles. The summed E-state index contributed by atoms with van der Waals surface area (Å²) in [5.74, 6) is -36.7. The van der Waals surface area contributed by atoms with Gasteiger partial charge < -0.3 is 9.47 Å². The van der Waals surface area contributed by atoms with E-state index in [0.29, 0.717) is 6.42 Å². The van der Waals surface area contributed by atoms with Crippen LogP contribution in [0.4, 0.5) is 57.1 Å². The van der Waals surface area contributed by atoms with Crippen LogP contribution < -0.4 is 0 Å². The SMILES string of the molecule is CCC1(COCCC(F)(F)C(F)(F)C(F)(F)C(F)(F)C(F)(F)C(F)(F)F)COC1. The van der Waals surface area contributed by atoms with Gasteiger partial charge in [0.15, 0.2) is 0 Å². The molecular formula is C14H15F13O2. The van der Waals surface area contributed by atoms with Gasteiger partial charge in [-0.1, -0.05) is 6.92 Å². The molecule has 0 aromatic rings. The van der Waals surface area contributed by atoms with Gasteiger partial charge in [0, 0.05) is 11.8 Å². The van der Waals surface area contributed by atoms with Crippen molar-refractivity contribution < 1.29 is 66.5 Å². The molecule has 0 aromatic heterocycles. The van der Waals surface area contributed by atoms with E-state index in [-0.39, 0.29) is 19.8 Å². The van der Waals surface area contributed by atoms with Crippen molar-refractivity contribution in [1.82, 2.24) is 0 Å². The lowest BCUT2D eigenvalue weighted by atomic mass is 9.84. The van der Waals surface area contributed by atoms with E-state index in [1.165, 1.54) is 0 Å². The van der Waals surface area contributed by atoms with E-state index in [9.17, 15) is 57.1 Å². The zero-order valence-electron chi connectivity index (χ0n) is 14.5. The molecule has 1 aliphatic heterocycles. The maximum atomic E-state index is 13.5. The first-order chi connectivity index (χ1) is 12.7. The highest BCUT2D eigenvalue weighted by Crippen LogP contribution is 2.60. The maximum Gasteiger partial charge on any atom is 0.460 e. The third-order valence-electron chi connectivity index (χ3n) is 4.53. The first-order valence-corrected chi connectivity index (χ1v) is 7.84. The molecule has 0 spiro atoms.